The second-order valence-electron chi connectivity index (χ2n) is 4.61. The third-order valence-electron chi connectivity index (χ3n) is 3.21. The van der Waals surface area contributed by atoms with Gasteiger partial charge in [-0.2, -0.15) is 0 Å². The minimum Gasteiger partial charge on any atom is -0.445 e. The smallest absolute Gasteiger partial charge is 0.410 e. The molecule has 7 heteroatoms. The van der Waals surface area contributed by atoms with E-state index >= 15 is 0 Å². The molecule has 1 N–H and O–H groups in total. The molecular weight excluding hydrogens is 260 g/mol. The molecule has 0 unspecified atom stereocenters. The predicted molar refractivity (Wildman–Crippen MR) is 71.8 cm³/mol. The summed E-state index contributed by atoms with van der Waals surface area (Å²) in [6, 6.07) is 8.91. The SMILES string of the molecule is [N-]=[N+]=N[C@H]1CCN(C(=O)OCc2ccccc2)C[C@@H]1O. The highest BCUT2D eigenvalue weighted by atomic mass is 16.6. The second kappa shape index (κ2) is 6.79. The Morgan fingerprint density at radius 3 is 2.90 bits per heavy atom. The fourth-order valence-electron chi connectivity index (χ4n) is 2.10. The number of hydrogen-bond acceptors (Lipinski definition) is 4. The van der Waals surface area contributed by atoms with Gasteiger partial charge in [0.15, 0.2) is 0 Å². The lowest BCUT2D eigenvalue weighted by molar-refractivity contribution is 0.0361. The molecule has 1 heterocycles. The molecule has 1 aromatic rings. The molecule has 1 amide bonds. The Morgan fingerprint density at radius 2 is 2.25 bits per heavy atom. The number of carbonyl (C=O) groups is 1. The third-order valence-corrected chi connectivity index (χ3v) is 3.21. The summed E-state index contributed by atoms with van der Waals surface area (Å²) < 4.78 is 5.18. The van der Waals surface area contributed by atoms with Gasteiger partial charge in [0.2, 0.25) is 0 Å². The van der Waals surface area contributed by atoms with Crippen molar-refractivity contribution in [2.75, 3.05) is 13.1 Å². The van der Waals surface area contributed by atoms with E-state index in [0.717, 1.165) is 5.56 Å². The number of nitrogens with zero attached hydrogens (tertiary/aromatic N) is 4. The van der Waals surface area contributed by atoms with Crippen molar-refractivity contribution in [3.8, 4) is 0 Å². The minimum absolute atomic E-state index is 0.122. The van der Waals surface area contributed by atoms with Gasteiger partial charge in [-0.15, -0.1) is 0 Å². The molecule has 1 saturated heterocycles. The number of aliphatic hydroxyl groups is 1. The van der Waals surface area contributed by atoms with E-state index in [0.29, 0.717) is 13.0 Å². The number of rotatable bonds is 3. The summed E-state index contributed by atoms with van der Waals surface area (Å²) in [5.74, 6) is 0. The number of benzene rings is 1. The van der Waals surface area contributed by atoms with Crippen LogP contribution in [0.4, 0.5) is 4.79 Å². The van der Waals surface area contributed by atoms with Crippen LogP contribution in [0.25, 0.3) is 10.4 Å². The Bertz CT molecular complexity index is 502. The summed E-state index contributed by atoms with van der Waals surface area (Å²) in [5, 5.41) is 13.3. The van der Waals surface area contributed by atoms with E-state index in [-0.39, 0.29) is 13.2 Å². The number of β-amino-alcohol motifs (C(OH)–C–C–N with tert-alkyl or cyclic N) is 1. The lowest BCUT2D eigenvalue weighted by Crippen LogP contribution is -2.48. The Hall–Kier alpha value is -2.24. The van der Waals surface area contributed by atoms with Crippen LogP contribution in [0.15, 0.2) is 35.4 Å². The van der Waals surface area contributed by atoms with Crippen LogP contribution in [-0.2, 0) is 11.3 Å². The molecule has 0 radical (unpaired) electrons. The summed E-state index contributed by atoms with van der Waals surface area (Å²) in [5.41, 5.74) is 9.27. The Balaban J connectivity index is 1.83. The van der Waals surface area contributed by atoms with Gasteiger partial charge in [-0.1, -0.05) is 35.4 Å². The van der Waals surface area contributed by atoms with Crippen molar-refractivity contribution in [1.29, 1.82) is 0 Å². The fourth-order valence-corrected chi connectivity index (χ4v) is 2.10. The number of aliphatic hydroxyl groups excluding tert-OH is 1. The van der Waals surface area contributed by atoms with Crippen molar-refractivity contribution >= 4 is 6.09 Å². The van der Waals surface area contributed by atoms with Crippen molar-refractivity contribution in [2.45, 2.75) is 25.2 Å². The molecule has 20 heavy (non-hydrogen) atoms. The van der Waals surface area contributed by atoms with Crippen LogP contribution in [0.2, 0.25) is 0 Å². The lowest BCUT2D eigenvalue weighted by atomic mass is 10.0. The zero-order chi connectivity index (χ0) is 14.4. The number of piperidine rings is 1. The van der Waals surface area contributed by atoms with Gasteiger partial charge in [0.05, 0.1) is 18.7 Å². The van der Waals surface area contributed by atoms with Crippen molar-refractivity contribution in [1.82, 2.24) is 4.90 Å². The summed E-state index contributed by atoms with van der Waals surface area (Å²) in [6.07, 6.45) is -0.873. The quantitative estimate of drug-likeness (QED) is 0.519. The van der Waals surface area contributed by atoms with E-state index < -0.39 is 18.2 Å². The summed E-state index contributed by atoms with van der Waals surface area (Å²) in [6.45, 7) is 0.734. The summed E-state index contributed by atoms with van der Waals surface area (Å²) in [7, 11) is 0. The van der Waals surface area contributed by atoms with Gasteiger partial charge in [0.1, 0.15) is 6.61 Å². The zero-order valence-electron chi connectivity index (χ0n) is 10.9. The first-order valence-corrected chi connectivity index (χ1v) is 6.38. The van der Waals surface area contributed by atoms with Crippen LogP contribution in [0.1, 0.15) is 12.0 Å². The molecule has 2 atom stereocenters. The normalized spacial score (nSPS) is 21.9. The van der Waals surface area contributed by atoms with Crippen LogP contribution in [-0.4, -0.2) is 41.3 Å². The van der Waals surface area contributed by atoms with Gasteiger partial charge in [-0.3, -0.25) is 0 Å². The maximum absolute atomic E-state index is 11.9. The molecule has 0 bridgehead atoms. The maximum Gasteiger partial charge on any atom is 0.410 e. The first-order chi connectivity index (χ1) is 9.70. The highest BCUT2D eigenvalue weighted by Gasteiger charge is 2.30. The van der Waals surface area contributed by atoms with Crippen molar-refractivity contribution in [2.24, 2.45) is 5.11 Å². The van der Waals surface area contributed by atoms with Gasteiger partial charge in [-0.25, -0.2) is 4.79 Å². The van der Waals surface area contributed by atoms with Gasteiger partial charge < -0.3 is 14.7 Å². The third kappa shape index (κ3) is 3.63. The van der Waals surface area contributed by atoms with Crippen LogP contribution in [0, 0.1) is 0 Å². The highest BCUT2D eigenvalue weighted by Crippen LogP contribution is 2.16. The first kappa shape index (κ1) is 14.2. The average Bonchev–Trinajstić information content (AvgIpc) is 2.48. The Kier molecular flexibility index (Phi) is 4.81. The van der Waals surface area contributed by atoms with Crippen LogP contribution in [0.5, 0.6) is 0 Å². The molecule has 1 fully saturated rings. The predicted octanol–water partition coefficient (Wildman–Crippen LogP) is 2.07. The summed E-state index contributed by atoms with van der Waals surface area (Å²) in [4.78, 5) is 16.0. The first-order valence-electron chi connectivity index (χ1n) is 6.38. The van der Waals surface area contributed by atoms with Crippen molar-refractivity contribution < 1.29 is 14.6 Å². The number of ether oxygens (including phenoxy) is 1. The molecule has 1 aromatic carbocycles. The van der Waals surface area contributed by atoms with Crippen LogP contribution < -0.4 is 0 Å². The Morgan fingerprint density at radius 1 is 1.50 bits per heavy atom. The van der Waals surface area contributed by atoms with Gasteiger partial charge in [0.25, 0.3) is 0 Å². The lowest BCUT2D eigenvalue weighted by Gasteiger charge is -2.33. The molecule has 1 aliphatic heterocycles. The zero-order valence-corrected chi connectivity index (χ0v) is 10.9. The molecule has 0 spiro atoms. The number of likely N-dealkylation sites (tertiary alicyclic amines) is 1. The molecule has 0 aliphatic carbocycles. The largest absolute Gasteiger partial charge is 0.445 e. The van der Waals surface area contributed by atoms with Gasteiger partial charge in [-0.05, 0) is 17.5 Å². The number of amides is 1. The maximum atomic E-state index is 11.9. The van der Waals surface area contributed by atoms with Crippen LogP contribution in [0.3, 0.4) is 0 Å². The monoisotopic (exact) mass is 276 g/mol. The topological polar surface area (TPSA) is 98.5 Å². The van der Waals surface area contributed by atoms with E-state index in [4.69, 9.17) is 10.3 Å². The van der Waals surface area contributed by atoms with Gasteiger partial charge in [0, 0.05) is 11.5 Å². The van der Waals surface area contributed by atoms with E-state index in [9.17, 15) is 9.90 Å². The molecule has 106 valence electrons. The molecule has 7 nitrogen and oxygen atoms in total. The standard InChI is InChI=1S/C13H16N4O3/c14-16-15-11-6-7-17(8-12(11)18)13(19)20-9-10-4-2-1-3-5-10/h1-5,11-12,18H,6-9H2/t11-,12-/m0/s1. The summed E-state index contributed by atoms with van der Waals surface area (Å²) >= 11 is 0. The van der Waals surface area contributed by atoms with Crippen LogP contribution >= 0.6 is 0 Å². The van der Waals surface area contributed by atoms with E-state index in [1.165, 1.54) is 4.90 Å². The van der Waals surface area contributed by atoms with Crippen molar-refractivity contribution in [3.63, 3.8) is 0 Å². The average molecular weight is 276 g/mol. The second-order valence-corrected chi connectivity index (χ2v) is 4.61. The molecular formula is C13H16N4O3. The number of azide groups is 1. The van der Waals surface area contributed by atoms with Crippen molar-refractivity contribution in [3.05, 3.63) is 46.3 Å². The van der Waals surface area contributed by atoms with E-state index in [2.05, 4.69) is 10.0 Å². The fraction of sp³-hybridized carbons (Fsp3) is 0.462. The van der Waals surface area contributed by atoms with E-state index in [1.807, 2.05) is 30.3 Å². The Labute approximate surface area is 116 Å². The van der Waals surface area contributed by atoms with E-state index in [1.54, 1.807) is 0 Å². The number of hydrogen-bond donors (Lipinski definition) is 1. The molecule has 1 aliphatic rings. The molecule has 0 saturated carbocycles. The molecule has 2 rings (SSSR count). The van der Waals surface area contributed by atoms with Gasteiger partial charge >= 0.3 is 6.09 Å². The minimum atomic E-state index is -0.844. The number of carbonyl (C=O) groups excluding carboxylic acids is 1. The highest BCUT2D eigenvalue weighted by molar-refractivity contribution is 5.67. The molecule has 0 aromatic heterocycles.